The van der Waals surface area contributed by atoms with Crippen LogP contribution in [0.3, 0.4) is 0 Å². The van der Waals surface area contributed by atoms with Crippen LogP contribution in [0.25, 0.3) is 0 Å². The lowest BCUT2D eigenvalue weighted by atomic mass is 9.94. The van der Waals surface area contributed by atoms with E-state index in [0.29, 0.717) is 31.8 Å². The standard InChI is InChI=1S/C23H31N3O3/c27-21-5-4-14-26(21)20-8-6-18(7-9-20)17-22(28)24-15-10-19(11-16-24)23(29)25-12-2-1-3-13-25/h6-9,19H,1-5,10-17H2. The van der Waals surface area contributed by atoms with E-state index in [1.807, 2.05) is 39.0 Å². The summed E-state index contributed by atoms with van der Waals surface area (Å²) < 4.78 is 0. The van der Waals surface area contributed by atoms with E-state index in [1.165, 1.54) is 6.42 Å². The van der Waals surface area contributed by atoms with E-state index in [2.05, 4.69) is 0 Å². The number of piperidine rings is 2. The van der Waals surface area contributed by atoms with Crippen molar-refractivity contribution in [2.24, 2.45) is 5.92 Å². The van der Waals surface area contributed by atoms with Crippen LogP contribution in [0.15, 0.2) is 24.3 Å². The fourth-order valence-corrected chi connectivity index (χ4v) is 4.75. The first-order valence-corrected chi connectivity index (χ1v) is 11.1. The average Bonchev–Trinajstić information content (AvgIpc) is 3.20. The van der Waals surface area contributed by atoms with Crippen LogP contribution >= 0.6 is 0 Å². The molecule has 156 valence electrons. The van der Waals surface area contributed by atoms with Crippen LogP contribution in [-0.4, -0.2) is 60.2 Å². The summed E-state index contributed by atoms with van der Waals surface area (Å²) in [4.78, 5) is 43.0. The van der Waals surface area contributed by atoms with Gasteiger partial charge in [0.05, 0.1) is 6.42 Å². The Morgan fingerprint density at radius 3 is 2.14 bits per heavy atom. The molecule has 0 radical (unpaired) electrons. The summed E-state index contributed by atoms with van der Waals surface area (Å²) in [5, 5.41) is 0. The molecule has 0 spiro atoms. The fourth-order valence-electron chi connectivity index (χ4n) is 4.75. The van der Waals surface area contributed by atoms with Crippen LogP contribution < -0.4 is 4.90 Å². The Labute approximate surface area is 172 Å². The minimum absolute atomic E-state index is 0.0782. The number of carbonyl (C=O) groups is 3. The van der Waals surface area contributed by atoms with Crippen molar-refractivity contribution < 1.29 is 14.4 Å². The SMILES string of the molecule is O=C(Cc1ccc(N2CCCC2=O)cc1)N1CCC(C(=O)N2CCCCC2)CC1. The first kappa shape index (κ1) is 19.9. The summed E-state index contributed by atoms with van der Waals surface area (Å²) in [5.74, 6) is 0.674. The molecule has 3 saturated heterocycles. The monoisotopic (exact) mass is 397 g/mol. The van der Waals surface area contributed by atoms with Crippen molar-refractivity contribution in [2.75, 3.05) is 37.6 Å². The van der Waals surface area contributed by atoms with Gasteiger partial charge < -0.3 is 14.7 Å². The van der Waals surface area contributed by atoms with E-state index < -0.39 is 0 Å². The van der Waals surface area contributed by atoms with Crippen molar-refractivity contribution in [1.82, 2.24) is 9.80 Å². The lowest BCUT2D eigenvalue weighted by Crippen LogP contribution is -2.46. The first-order valence-electron chi connectivity index (χ1n) is 11.1. The van der Waals surface area contributed by atoms with Gasteiger partial charge in [-0.3, -0.25) is 14.4 Å². The van der Waals surface area contributed by atoms with Gasteiger partial charge in [-0.05, 0) is 56.2 Å². The van der Waals surface area contributed by atoms with Crippen molar-refractivity contribution >= 4 is 23.4 Å². The van der Waals surface area contributed by atoms with E-state index in [9.17, 15) is 14.4 Å². The third kappa shape index (κ3) is 4.62. The van der Waals surface area contributed by atoms with Gasteiger partial charge in [0, 0.05) is 50.7 Å². The number of benzene rings is 1. The Morgan fingerprint density at radius 1 is 0.828 bits per heavy atom. The molecule has 6 nitrogen and oxygen atoms in total. The van der Waals surface area contributed by atoms with Crippen LogP contribution in [0, 0.1) is 5.92 Å². The molecule has 1 aromatic rings. The maximum Gasteiger partial charge on any atom is 0.227 e. The molecule has 0 atom stereocenters. The lowest BCUT2D eigenvalue weighted by molar-refractivity contribution is -0.141. The maximum absolute atomic E-state index is 12.7. The second-order valence-corrected chi connectivity index (χ2v) is 8.53. The summed E-state index contributed by atoms with van der Waals surface area (Å²) in [7, 11) is 0. The van der Waals surface area contributed by atoms with E-state index >= 15 is 0 Å². The fraction of sp³-hybridized carbons (Fsp3) is 0.609. The van der Waals surface area contributed by atoms with Crippen LogP contribution in [0.4, 0.5) is 5.69 Å². The van der Waals surface area contributed by atoms with E-state index in [-0.39, 0.29) is 17.7 Å². The van der Waals surface area contributed by atoms with Crippen molar-refractivity contribution in [2.45, 2.75) is 51.4 Å². The Hall–Kier alpha value is -2.37. The van der Waals surface area contributed by atoms with Crippen molar-refractivity contribution in [3.05, 3.63) is 29.8 Å². The largest absolute Gasteiger partial charge is 0.342 e. The second-order valence-electron chi connectivity index (χ2n) is 8.53. The van der Waals surface area contributed by atoms with Crippen molar-refractivity contribution in [3.63, 3.8) is 0 Å². The second kappa shape index (κ2) is 8.97. The number of amides is 3. The highest BCUT2D eigenvalue weighted by atomic mass is 16.2. The van der Waals surface area contributed by atoms with E-state index in [0.717, 1.165) is 63.0 Å². The molecule has 0 bridgehead atoms. The highest BCUT2D eigenvalue weighted by molar-refractivity contribution is 5.95. The number of rotatable bonds is 4. The Kier molecular flexibility index (Phi) is 6.16. The highest BCUT2D eigenvalue weighted by Gasteiger charge is 2.30. The molecule has 1 aromatic carbocycles. The van der Waals surface area contributed by atoms with Crippen molar-refractivity contribution in [1.29, 1.82) is 0 Å². The summed E-state index contributed by atoms with van der Waals surface area (Å²) in [6.07, 6.45) is 6.92. The Balaban J connectivity index is 1.26. The van der Waals surface area contributed by atoms with E-state index in [1.54, 1.807) is 0 Å². The molecule has 0 aliphatic carbocycles. The van der Waals surface area contributed by atoms with E-state index in [4.69, 9.17) is 0 Å². The van der Waals surface area contributed by atoms with Crippen molar-refractivity contribution in [3.8, 4) is 0 Å². The summed E-state index contributed by atoms with van der Waals surface area (Å²) in [5.41, 5.74) is 1.89. The number of hydrogen-bond acceptors (Lipinski definition) is 3. The number of carbonyl (C=O) groups excluding carboxylic acids is 3. The molecule has 3 aliphatic heterocycles. The molecule has 29 heavy (non-hydrogen) atoms. The Bertz CT molecular complexity index is 747. The van der Waals surface area contributed by atoms with Gasteiger partial charge in [-0.25, -0.2) is 0 Å². The van der Waals surface area contributed by atoms with Crippen LogP contribution in [0.5, 0.6) is 0 Å². The molecule has 0 aromatic heterocycles. The molecule has 3 fully saturated rings. The Morgan fingerprint density at radius 2 is 1.52 bits per heavy atom. The predicted octanol–water partition coefficient (Wildman–Crippen LogP) is 2.61. The van der Waals surface area contributed by atoms with Gasteiger partial charge in [-0.1, -0.05) is 12.1 Å². The molecular formula is C23H31N3O3. The summed E-state index contributed by atoms with van der Waals surface area (Å²) >= 11 is 0. The van der Waals surface area contributed by atoms with Gasteiger partial charge in [-0.15, -0.1) is 0 Å². The average molecular weight is 398 g/mol. The molecular weight excluding hydrogens is 366 g/mol. The summed E-state index contributed by atoms with van der Waals surface area (Å²) in [6, 6.07) is 7.78. The first-order chi connectivity index (χ1) is 14.1. The third-order valence-electron chi connectivity index (χ3n) is 6.54. The van der Waals surface area contributed by atoms with Gasteiger partial charge in [0.15, 0.2) is 0 Å². The third-order valence-corrected chi connectivity index (χ3v) is 6.54. The topological polar surface area (TPSA) is 60.9 Å². The van der Waals surface area contributed by atoms with Crippen LogP contribution in [0.2, 0.25) is 0 Å². The molecule has 3 amide bonds. The van der Waals surface area contributed by atoms with Gasteiger partial charge in [0.2, 0.25) is 17.7 Å². The molecule has 0 saturated carbocycles. The van der Waals surface area contributed by atoms with Gasteiger partial charge in [0.1, 0.15) is 0 Å². The number of likely N-dealkylation sites (tertiary alicyclic amines) is 2. The molecule has 0 N–H and O–H groups in total. The summed E-state index contributed by atoms with van der Waals surface area (Å²) in [6.45, 7) is 3.92. The minimum atomic E-state index is 0.0782. The molecule has 3 aliphatic rings. The zero-order valence-corrected chi connectivity index (χ0v) is 17.1. The maximum atomic E-state index is 12.7. The molecule has 0 unspecified atom stereocenters. The number of nitrogens with zero attached hydrogens (tertiary/aromatic N) is 3. The zero-order chi connectivity index (χ0) is 20.2. The lowest BCUT2D eigenvalue weighted by Gasteiger charge is -2.35. The molecule has 4 rings (SSSR count). The van der Waals surface area contributed by atoms with Crippen LogP contribution in [-0.2, 0) is 20.8 Å². The predicted molar refractivity (Wildman–Crippen MR) is 111 cm³/mol. The highest BCUT2D eigenvalue weighted by Crippen LogP contribution is 2.24. The smallest absolute Gasteiger partial charge is 0.227 e. The van der Waals surface area contributed by atoms with Crippen LogP contribution in [0.1, 0.15) is 50.5 Å². The van der Waals surface area contributed by atoms with Gasteiger partial charge >= 0.3 is 0 Å². The number of hydrogen-bond donors (Lipinski definition) is 0. The zero-order valence-electron chi connectivity index (χ0n) is 17.1. The quantitative estimate of drug-likeness (QED) is 0.785. The normalized spacial score (nSPS) is 21.0. The van der Waals surface area contributed by atoms with Gasteiger partial charge in [0.25, 0.3) is 0 Å². The van der Waals surface area contributed by atoms with Gasteiger partial charge in [-0.2, -0.15) is 0 Å². The molecule has 3 heterocycles. The minimum Gasteiger partial charge on any atom is -0.342 e. The number of anilines is 1. The molecule has 6 heteroatoms.